The van der Waals surface area contributed by atoms with Gasteiger partial charge in [-0.25, -0.2) is 0 Å². The van der Waals surface area contributed by atoms with E-state index >= 15 is 0 Å². The lowest BCUT2D eigenvalue weighted by Crippen LogP contribution is -2.50. The number of rotatable bonds is 5. The molecule has 0 aromatic heterocycles. The summed E-state index contributed by atoms with van der Waals surface area (Å²) in [5, 5.41) is 2.99. The minimum Gasteiger partial charge on any atom is -0.486 e. The summed E-state index contributed by atoms with van der Waals surface area (Å²) in [4.78, 5) is 29.9. The van der Waals surface area contributed by atoms with Gasteiger partial charge in [-0.05, 0) is 68.0 Å². The van der Waals surface area contributed by atoms with Crippen LogP contribution in [0.1, 0.15) is 60.9 Å². The Bertz CT molecular complexity index is 1150. The lowest BCUT2D eigenvalue weighted by Gasteiger charge is -2.46. The Hall–Kier alpha value is -3.06. The predicted octanol–water partition coefficient (Wildman–Crippen LogP) is 4.36. The van der Waals surface area contributed by atoms with Gasteiger partial charge in [-0.15, -0.1) is 0 Å². The molecule has 1 atom stereocenters. The zero-order valence-electron chi connectivity index (χ0n) is 21.9. The molecule has 2 amide bonds. The summed E-state index contributed by atoms with van der Waals surface area (Å²) in [5.74, 6) is 1.41. The van der Waals surface area contributed by atoms with Gasteiger partial charge in [0.15, 0.2) is 11.5 Å². The van der Waals surface area contributed by atoms with Gasteiger partial charge in [0.1, 0.15) is 13.2 Å². The average molecular weight is 492 g/mol. The first-order chi connectivity index (χ1) is 17.3. The second kappa shape index (κ2) is 9.77. The Kier molecular flexibility index (Phi) is 6.68. The molecule has 3 aliphatic rings. The van der Waals surface area contributed by atoms with E-state index in [2.05, 4.69) is 29.3 Å². The number of aryl methyl sites for hydroxylation is 2. The van der Waals surface area contributed by atoms with Crippen LogP contribution >= 0.6 is 0 Å². The molecule has 192 valence electrons. The SMILES string of the molecule is Cc1cccc(C)c1NC(=O)CN(C)C(=O)CN1CC2(CCCC2)c2cc3c(cc2C1C)OCCO3. The third-order valence-corrected chi connectivity index (χ3v) is 8.24. The quantitative estimate of drug-likeness (QED) is 0.673. The van der Waals surface area contributed by atoms with Gasteiger partial charge >= 0.3 is 0 Å². The first-order valence-corrected chi connectivity index (χ1v) is 13.1. The maximum absolute atomic E-state index is 13.3. The molecule has 1 unspecified atom stereocenters. The van der Waals surface area contributed by atoms with Gasteiger partial charge in [0.2, 0.25) is 11.8 Å². The zero-order chi connectivity index (χ0) is 25.4. The summed E-state index contributed by atoms with van der Waals surface area (Å²) in [6, 6.07) is 10.3. The fourth-order valence-corrected chi connectivity index (χ4v) is 6.18. The van der Waals surface area contributed by atoms with Crippen molar-refractivity contribution in [2.24, 2.45) is 0 Å². The standard InChI is InChI=1S/C29H37N3O4/c1-19-8-7-9-20(2)28(19)30-26(33)16-31(4)27(34)17-32-18-29(10-5-6-11-29)23-15-25-24(35-12-13-36-25)14-22(23)21(32)3/h7-9,14-15,21H,5-6,10-13,16-18H2,1-4H3,(H,30,33). The van der Waals surface area contributed by atoms with Crippen LogP contribution in [-0.4, -0.2) is 61.5 Å². The Morgan fingerprint density at radius 2 is 1.72 bits per heavy atom. The number of carbonyl (C=O) groups excluding carboxylic acids is 2. The van der Waals surface area contributed by atoms with Gasteiger partial charge in [-0.1, -0.05) is 31.0 Å². The summed E-state index contributed by atoms with van der Waals surface area (Å²) < 4.78 is 11.8. The smallest absolute Gasteiger partial charge is 0.243 e. The van der Waals surface area contributed by atoms with Crippen LogP contribution in [0.25, 0.3) is 0 Å². The third kappa shape index (κ3) is 4.57. The monoisotopic (exact) mass is 491 g/mol. The van der Waals surface area contributed by atoms with E-state index in [-0.39, 0.29) is 36.4 Å². The molecule has 0 bridgehead atoms. The van der Waals surface area contributed by atoms with Crippen LogP contribution in [-0.2, 0) is 15.0 Å². The normalized spacial score (nSPS) is 20.2. The minimum absolute atomic E-state index is 0.0231. The van der Waals surface area contributed by atoms with Crippen LogP contribution in [0.3, 0.4) is 0 Å². The van der Waals surface area contributed by atoms with E-state index in [0.717, 1.165) is 47.7 Å². The van der Waals surface area contributed by atoms with Gasteiger partial charge in [-0.2, -0.15) is 0 Å². The number of hydrogen-bond donors (Lipinski definition) is 1. The van der Waals surface area contributed by atoms with Crippen molar-refractivity contribution in [2.45, 2.75) is 57.9 Å². The van der Waals surface area contributed by atoms with Crippen LogP contribution in [0.15, 0.2) is 30.3 Å². The molecule has 0 radical (unpaired) electrons. The van der Waals surface area contributed by atoms with E-state index < -0.39 is 0 Å². The van der Waals surface area contributed by atoms with Crippen molar-refractivity contribution in [2.75, 3.05) is 45.2 Å². The molecule has 1 aliphatic carbocycles. The maximum atomic E-state index is 13.3. The number of nitrogens with one attached hydrogen (secondary N) is 1. The molecule has 7 nitrogen and oxygen atoms in total. The number of nitrogens with zero attached hydrogens (tertiary/aromatic N) is 2. The summed E-state index contributed by atoms with van der Waals surface area (Å²) >= 11 is 0. The maximum Gasteiger partial charge on any atom is 0.243 e. The number of fused-ring (bicyclic) bond motifs is 3. The highest BCUT2D eigenvalue weighted by Gasteiger charge is 2.45. The summed E-state index contributed by atoms with van der Waals surface area (Å²) in [5.41, 5.74) is 5.48. The van der Waals surface area contributed by atoms with Crippen LogP contribution < -0.4 is 14.8 Å². The van der Waals surface area contributed by atoms with Gasteiger partial charge in [-0.3, -0.25) is 14.5 Å². The Labute approximate surface area is 213 Å². The fraction of sp³-hybridized carbons (Fsp3) is 0.517. The highest BCUT2D eigenvalue weighted by molar-refractivity contribution is 5.95. The van der Waals surface area contributed by atoms with Crippen molar-refractivity contribution >= 4 is 17.5 Å². The first-order valence-electron chi connectivity index (χ1n) is 13.1. The molecule has 2 aromatic carbocycles. The number of para-hydroxylation sites is 1. The van der Waals surface area contributed by atoms with E-state index in [1.165, 1.54) is 28.9 Å². The number of carbonyl (C=O) groups is 2. The molecule has 7 heteroatoms. The van der Waals surface area contributed by atoms with E-state index in [4.69, 9.17) is 9.47 Å². The number of ether oxygens (including phenoxy) is 2. The van der Waals surface area contributed by atoms with Gasteiger partial charge in [0.05, 0.1) is 13.1 Å². The molecular weight excluding hydrogens is 454 g/mol. The van der Waals surface area contributed by atoms with E-state index in [1.807, 2.05) is 32.0 Å². The predicted molar refractivity (Wildman–Crippen MR) is 140 cm³/mol. The lowest BCUT2D eigenvalue weighted by molar-refractivity contribution is -0.135. The topological polar surface area (TPSA) is 71.1 Å². The lowest BCUT2D eigenvalue weighted by atomic mass is 9.71. The second-order valence-electron chi connectivity index (χ2n) is 10.7. The molecule has 1 saturated carbocycles. The molecular formula is C29H37N3O4. The summed E-state index contributed by atoms with van der Waals surface area (Å²) in [7, 11) is 1.71. The largest absolute Gasteiger partial charge is 0.486 e. The van der Waals surface area contributed by atoms with Crippen LogP contribution in [0, 0.1) is 13.8 Å². The summed E-state index contributed by atoms with van der Waals surface area (Å²) in [6.07, 6.45) is 4.63. The van der Waals surface area contributed by atoms with Crippen molar-refractivity contribution in [3.63, 3.8) is 0 Å². The number of amides is 2. The molecule has 5 rings (SSSR count). The molecule has 2 aliphatic heterocycles. The van der Waals surface area contributed by atoms with Gasteiger partial charge in [0, 0.05) is 30.7 Å². The van der Waals surface area contributed by atoms with Crippen LogP contribution in [0.2, 0.25) is 0 Å². The van der Waals surface area contributed by atoms with Crippen molar-refractivity contribution in [1.29, 1.82) is 0 Å². The Morgan fingerprint density at radius 3 is 2.39 bits per heavy atom. The fourth-order valence-electron chi connectivity index (χ4n) is 6.18. The third-order valence-electron chi connectivity index (χ3n) is 8.24. The highest BCUT2D eigenvalue weighted by atomic mass is 16.6. The Morgan fingerprint density at radius 1 is 1.08 bits per heavy atom. The summed E-state index contributed by atoms with van der Waals surface area (Å²) in [6.45, 7) is 8.40. The number of likely N-dealkylation sites (N-methyl/N-ethyl adjacent to an activating group) is 1. The molecule has 2 aromatic rings. The molecule has 1 N–H and O–H groups in total. The zero-order valence-corrected chi connectivity index (χ0v) is 21.9. The van der Waals surface area contributed by atoms with E-state index in [0.29, 0.717) is 13.2 Å². The molecule has 1 spiro atoms. The second-order valence-corrected chi connectivity index (χ2v) is 10.7. The molecule has 2 heterocycles. The van der Waals surface area contributed by atoms with E-state index in [1.54, 1.807) is 7.05 Å². The Balaban J connectivity index is 1.30. The number of anilines is 1. The van der Waals surface area contributed by atoms with Crippen molar-refractivity contribution in [3.8, 4) is 11.5 Å². The molecule has 1 fully saturated rings. The van der Waals surface area contributed by atoms with Crippen LogP contribution in [0.4, 0.5) is 5.69 Å². The van der Waals surface area contributed by atoms with Crippen molar-refractivity contribution in [3.05, 3.63) is 52.6 Å². The van der Waals surface area contributed by atoms with Gasteiger partial charge < -0.3 is 19.7 Å². The van der Waals surface area contributed by atoms with Crippen molar-refractivity contribution < 1.29 is 19.1 Å². The minimum atomic E-state index is -0.184. The van der Waals surface area contributed by atoms with Crippen molar-refractivity contribution in [1.82, 2.24) is 9.80 Å². The first kappa shape index (κ1) is 24.6. The number of benzene rings is 2. The number of hydrogen-bond acceptors (Lipinski definition) is 5. The highest BCUT2D eigenvalue weighted by Crippen LogP contribution is 2.51. The average Bonchev–Trinajstić information content (AvgIpc) is 3.33. The van der Waals surface area contributed by atoms with Gasteiger partial charge in [0.25, 0.3) is 0 Å². The van der Waals surface area contributed by atoms with Crippen LogP contribution in [0.5, 0.6) is 11.5 Å². The molecule has 0 saturated heterocycles. The van der Waals surface area contributed by atoms with E-state index in [9.17, 15) is 9.59 Å². The molecule has 36 heavy (non-hydrogen) atoms.